The van der Waals surface area contributed by atoms with Crippen molar-refractivity contribution in [1.29, 1.82) is 0 Å². The average molecular weight is 593 g/mol. The second kappa shape index (κ2) is 10.1. The number of benzene rings is 2. The van der Waals surface area contributed by atoms with Crippen LogP contribution in [0.5, 0.6) is 0 Å². The minimum atomic E-state index is -6.35. The van der Waals surface area contributed by atoms with Gasteiger partial charge in [-0.05, 0) is 42.7 Å². The summed E-state index contributed by atoms with van der Waals surface area (Å²) in [5.41, 5.74) is -7.38. The second-order valence-electron chi connectivity index (χ2n) is 9.23. The topological polar surface area (TPSA) is 89.0 Å². The summed E-state index contributed by atoms with van der Waals surface area (Å²) in [7, 11) is -4.44. The molecule has 1 saturated carbocycles. The number of carbonyl (C=O) groups is 1. The molecule has 4 rings (SSSR count). The molecule has 1 amide bonds. The standard InChI is InChI=1S/C25H19F8N3O3S/c26-17-5-7-20(8-6-17)40(38,39)22(12-19(13-22)36-21(37)11-18-14-34-9-10-35-18)15-1-3-16(4-2-15)23(27,24(28,29)30)25(31,32)33/h1-10,14,19H,11-13H2,(H,36,37)/t19-,22+. The number of hydrogen-bond acceptors (Lipinski definition) is 5. The molecule has 0 aliphatic heterocycles. The van der Waals surface area contributed by atoms with Crippen molar-refractivity contribution in [2.75, 3.05) is 0 Å². The van der Waals surface area contributed by atoms with Gasteiger partial charge in [0, 0.05) is 30.2 Å². The van der Waals surface area contributed by atoms with Gasteiger partial charge in [-0.25, -0.2) is 17.2 Å². The lowest BCUT2D eigenvalue weighted by Crippen LogP contribution is -2.57. The molecule has 1 N–H and O–H groups in total. The first kappa shape index (κ1) is 29.4. The Hall–Kier alpha value is -3.62. The summed E-state index contributed by atoms with van der Waals surface area (Å²) in [5.74, 6) is -1.29. The lowest BCUT2D eigenvalue weighted by Gasteiger charge is -2.47. The molecule has 0 spiro atoms. The predicted octanol–water partition coefficient (Wildman–Crippen LogP) is 5.10. The van der Waals surface area contributed by atoms with E-state index in [1.165, 1.54) is 18.6 Å². The SMILES string of the molecule is O=C(Cc1cnccn1)N[C@H]1C[C@@](c2ccc(C(F)(C(F)(F)F)C(F)(F)F)cc2)(S(=O)(=O)c2ccc(F)cc2)C1. The molecule has 0 saturated heterocycles. The molecule has 1 aliphatic rings. The van der Waals surface area contributed by atoms with Gasteiger partial charge in [0.05, 0.1) is 17.0 Å². The number of carbonyl (C=O) groups excluding carboxylic acids is 1. The summed E-state index contributed by atoms with van der Waals surface area (Å²) in [6.45, 7) is 0. The molecule has 0 atom stereocenters. The minimum Gasteiger partial charge on any atom is -0.353 e. The van der Waals surface area contributed by atoms with Crippen molar-refractivity contribution in [3.8, 4) is 0 Å². The normalized spacial score (nSPS) is 20.1. The van der Waals surface area contributed by atoms with E-state index in [0.717, 1.165) is 24.3 Å². The number of nitrogens with zero attached hydrogens (tertiary/aromatic N) is 2. The van der Waals surface area contributed by atoms with Crippen LogP contribution in [0.1, 0.15) is 29.7 Å². The zero-order valence-corrected chi connectivity index (χ0v) is 20.9. The molecule has 0 unspecified atom stereocenters. The molecule has 1 heterocycles. The Morgan fingerprint density at radius 2 is 1.48 bits per heavy atom. The number of hydrogen-bond donors (Lipinski definition) is 1. The first-order valence-electron chi connectivity index (χ1n) is 11.5. The molecular formula is C25H19F8N3O3S. The summed E-state index contributed by atoms with van der Waals surface area (Å²) in [6.07, 6.45) is -9.43. The van der Waals surface area contributed by atoms with Gasteiger partial charge in [-0.2, -0.15) is 26.3 Å². The van der Waals surface area contributed by atoms with Crippen LogP contribution in [0.3, 0.4) is 0 Å². The van der Waals surface area contributed by atoms with Gasteiger partial charge in [-0.1, -0.05) is 24.3 Å². The fourth-order valence-corrected chi connectivity index (χ4v) is 6.88. The highest BCUT2D eigenvalue weighted by Crippen LogP contribution is 2.55. The maximum Gasteiger partial charge on any atom is 0.435 e. The number of sulfone groups is 1. The van der Waals surface area contributed by atoms with Gasteiger partial charge in [0.15, 0.2) is 9.84 Å². The van der Waals surface area contributed by atoms with Gasteiger partial charge in [-0.15, -0.1) is 0 Å². The molecule has 15 heteroatoms. The van der Waals surface area contributed by atoms with Crippen molar-refractivity contribution in [2.45, 2.75) is 53.0 Å². The maximum absolute atomic E-state index is 14.5. The lowest BCUT2D eigenvalue weighted by molar-refractivity contribution is -0.348. The van der Waals surface area contributed by atoms with Crippen molar-refractivity contribution in [2.24, 2.45) is 0 Å². The predicted molar refractivity (Wildman–Crippen MR) is 124 cm³/mol. The Kier molecular flexibility index (Phi) is 7.41. The van der Waals surface area contributed by atoms with Gasteiger partial charge >= 0.3 is 18.0 Å². The van der Waals surface area contributed by atoms with Crippen molar-refractivity contribution >= 4 is 15.7 Å². The van der Waals surface area contributed by atoms with E-state index in [-0.39, 0.29) is 41.9 Å². The van der Waals surface area contributed by atoms with E-state index in [2.05, 4.69) is 15.3 Å². The van der Waals surface area contributed by atoms with Gasteiger partial charge < -0.3 is 5.32 Å². The fourth-order valence-electron chi connectivity index (χ4n) is 4.64. The first-order valence-corrected chi connectivity index (χ1v) is 13.0. The maximum atomic E-state index is 14.5. The average Bonchev–Trinajstić information content (AvgIpc) is 2.85. The molecule has 214 valence electrons. The highest BCUT2D eigenvalue weighted by Gasteiger charge is 2.73. The molecule has 1 aromatic heterocycles. The second-order valence-corrected chi connectivity index (χ2v) is 11.5. The highest BCUT2D eigenvalue weighted by molar-refractivity contribution is 7.92. The van der Waals surface area contributed by atoms with Gasteiger partial charge in [0.25, 0.3) is 0 Å². The largest absolute Gasteiger partial charge is 0.435 e. The highest BCUT2D eigenvalue weighted by atomic mass is 32.2. The quantitative estimate of drug-likeness (QED) is 0.305. The molecule has 3 aromatic rings. The molecular weight excluding hydrogens is 574 g/mol. The van der Waals surface area contributed by atoms with Crippen molar-refractivity contribution in [3.63, 3.8) is 0 Å². The fraction of sp³-hybridized carbons (Fsp3) is 0.320. The third kappa shape index (κ3) is 5.02. The zero-order valence-electron chi connectivity index (χ0n) is 20.1. The van der Waals surface area contributed by atoms with Crippen LogP contribution in [0.15, 0.2) is 72.0 Å². The summed E-state index contributed by atoms with van der Waals surface area (Å²) in [6, 6.07) is 4.72. The summed E-state index contributed by atoms with van der Waals surface area (Å²) in [4.78, 5) is 19.8. The summed E-state index contributed by atoms with van der Waals surface area (Å²) < 4.78 is 133. The Morgan fingerprint density at radius 1 is 0.900 bits per heavy atom. The molecule has 1 aliphatic carbocycles. The van der Waals surface area contributed by atoms with Crippen LogP contribution in [0.25, 0.3) is 0 Å². The van der Waals surface area contributed by atoms with Crippen molar-refractivity contribution in [1.82, 2.24) is 15.3 Å². The number of halogens is 8. The van der Waals surface area contributed by atoms with Gasteiger partial charge in [0.2, 0.25) is 5.91 Å². The van der Waals surface area contributed by atoms with Gasteiger partial charge in [0.1, 0.15) is 10.6 Å². The van der Waals surface area contributed by atoms with Crippen LogP contribution in [0.2, 0.25) is 0 Å². The zero-order chi connectivity index (χ0) is 29.6. The third-order valence-electron chi connectivity index (χ3n) is 6.70. The number of rotatable bonds is 7. The van der Waals surface area contributed by atoms with E-state index in [1.54, 1.807) is 0 Å². The minimum absolute atomic E-state index is 0.190. The molecule has 1 fully saturated rings. The summed E-state index contributed by atoms with van der Waals surface area (Å²) >= 11 is 0. The first-order chi connectivity index (χ1) is 18.5. The Bertz CT molecular complexity index is 1460. The van der Waals surface area contributed by atoms with Crippen LogP contribution in [0.4, 0.5) is 35.1 Å². The Morgan fingerprint density at radius 3 is 1.98 bits per heavy atom. The smallest absolute Gasteiger partial charge is 0.353 e. The number of nitrogens with one attached hydrogen (secondary N) is 1. The molecule has 0 radical (unpaired) electrons. The number of aromatic nitrogens is 2. The molecule has 40 heavy (non-hydrogen) atoms. The molecule has 2 aromatic carbocycles. The van der Waals surface area contributed by atoms with Crippen LogP contribution in [-0.2, 0) is 31.5 Å². The summed E-state index contributed by atoms with van der Waals surface area (Å²) in [5, 5.41) is 2.61. The molecule has 0 bridgehead atoms. The van der Waals surface area contributed by atoms with E-state index < -0.39 is 55.9 Å². The Labute approximate surface area is 222 Å². The van der Waals surface area contributed by atoms with Crippen LogP contribution in [-0.4, -0.2) is 42.7 Å². The third-order valence-corrected chi connectivity index (χ3v) is 9.19. The van der Waals surface area contributed by atoms with E-state index in [0.29, 0.717) is 17.8 Å². The number of alkyl halides is 7. The van der Waals surface area contributed by atoms with E-state index in [1.807, 2.05) is 0 Å². The van der Waals surface area contributed by atoms with Crippen molar-refractivity contribution < 1.29 is 48.3 Å². The van der Waals surface area contributed by atoms with Gasteiger partial charge in [-0.3, -0.25) is 14.8 Å². The van der Waals surface area contributed by atoms with Crippen LogP contribution < -0.4 is 5.32 Å². The molecule has 6 nitrogen and oxygen atoms in total. The van der Waals surface area contributed by atoms with Crippen LogP contribution in [0, 0.1) is 5.82 Å². The number of amides is 1. The Balaban J connectivity index is 1.68. The van der Waals surface area contributed by atoms with Crippen molar-refractivity contribution in [3.05, 3.63) is 89.8 Å². The monoisotopic (exact) mass is 593 g/mol. The van der Waals surface area contributed by atoms with E-state index in [9.17, 15) is 48.3 Å². The van der Waals surface area contributed by atoms with Crippen LogP contribution >= 0.6 is 0 Å². The van der Waals surface area contributed by atoms with E-state index in [4.69, 9.17) is 0 Å². The lowest BCUT2D eigenvalue weighted by atomic mass is 9.74. The van der Waals surface area contributed by atoms with E-state index >= 15 is 0 Å².